The summed E-state index contributed by atoms with van der Waals surface area (Å²) in [5, 5.41) is 0. The maximum atomic E-state index is 10.9. The molecule has 1 unspecified atom stereocenters. The van der Waals surface area contributed by atoms with Gasteiger partial charge in [-0.15, -0.1) is 0 Å². The van der Waals surface area contributed by atoms with Crippen LogP contribution < -0.4 is 5.73 Å². The molecular formula is C10H22N2O2. The van der Waals surface area contributed by atoms with Crippen molar-refractivity contribution in [3.8, 4) is 0 Å². The van der Waals surface area contributed by atoms with E-state index in [2.05, 4.69) is 18.6 Å². The SMILES string of the molecule is COC(=O)CN(C)CCC(N)C(C)C. The van der Waals surface area contributed by atoms with Crippen molar-refractivity contribution in [2.75, 3.05) is 27.2 Å². The second kappa shape index (κ2) is 6.79. The molecule has 0 aromatic carbocycles. The van der Waals surface area contributed by atoms with Gasteiger partial charge in [0.25, 0.3) is 0 Å². The Morgan fingerprint density at radius 3 is 2.50 bits per heavy atom. The number of nitrogens with zero attached hydrogens (tertiary/aromatic N) is 1. The second-order valence-electron chi connectivity index (χ2n) is 4.01. The number of esters is 1. The van der Waals surface area contributed by atoms with Gasteiger partial charge in [-0.1, -0.05) is 13.8 Å². The molecule has 0 spiro atoms. The van der Waals surface area contributed by atoms with Gasteiger partial charge in [-0.3, -0.25) is 9.69 Å². The van der Waals surface area contributed by atoms with Crippen molar-refractivity contribution in [1.82, 2.24) is 4.90 Å². The number of likely N-dealkylation sites (N-methyl/N-ethyl adjacent to an activating group) is 1. The summed E-state index contributed by atoms with van der Waals surface area (Å²) < 4.78 is 4.56. The third kappa shape index (κ3) is 5.94. The number of nitrogens with two attached hydrogens (primary N) is 1. The standard InChI is InChI=1S/C10H22N2O2/c1-8(2)9(11)5-6-12(3)7-10(13)14-4/h8-9H,5-7,11H2,1-4H3. The molecule has 0 amide bonds. The Bertz CT molecular complexity index is 172. The molecule has 4 heteroatoms. The molecule has 14 heavy (non-hydrogen) atoms. The lowest BCUT2D eigenvalue weighted by atomic mass is 10.0. The van der Waals surface area contributed by atoms with Crippen molar-refractivity contribution in [3.05, 3.63) is 0 Å². The third-order valence-electron chi connectivity index (χ3n) is 2.33. The molecule has 0 rings (SSSR count). The van der Waals surface area contributed by atoms with Crippen LogP contribution in [0.3, 0.4) is 0 Å². The van der Waals surface area contributed by atoms with Crippen LogP contribution >= 0.6 is 0 Å². The van der Waals surface area contributed by atoms with E-state index in [1.165, 1.54) is 7.11 Å². The first kappa shape index (κ1) is 13.4. The van der Waals surface area contributed by atoms with Crippen LogP contribution in [-0.2, 0) is 9.53 Å². The maximum absolute atomic E-state index is 10.9. The van der Waals surface area contributed by atoms with Crippen molar-refractivity contribution in [2.24, 2.45) is 11.7 Å². The molecule has 0 saturated carbocycles. The fourth-order valence-electron chi connectivity index (χ4n) is 1.07. The normalized spacial score (nSPS) is 13.4. The van der Waals surface area contributed by atoms with Crippen LogP contribution in [-0.4, -0.2) is 44.2 Å². The van der Waals surface area contributed by atoms with Gasteiger partial charge in [0.2, 0.25) is 0 Å². The summed E-state index contributed by atoms with van der Waals surface area (Å²) in [6, 6.07) is 0.204. The molecular weight excluding hydrogens is 180 g/mol. The highest BCUT2D eigenvalue weighted by Crippen LogP contribution is 2.03. The number of hydrogen-bond donors (Lipinski definition) is 1. The monoisotopic (exact) mass is 202 g/mol. The van der Waals surface area contributed by atoms with E-state index in [1.54, 1.807) is 0 Å². The zero-order valence-electron chi connectivity index (χ0n) is 9.62. The second-order valence-corrected chi connectivity index (χ2v) is 4.01. The molecule has 0 aliphatic carbocycles. The van der Waals surface area contributed by atoms with Crippen molar-refractivity contribution >= 4 is 5.97 Å². The van der Waals surface area contributed by atoms with Crippen LogP contribution in [0.5, 0.6) is 0 Å². The minimum atomic E-state index is -0.203. The highest BCUT2D eigenvalue weighted by Gasteiger charge is 2.10. The van der Waals surface area contributed by atoms with Crippen molar-refractivity contribution in [3.63, 3.8) is 0 Å². The van der Waals surface area contributed by atoms with E-state index in [9.17, 15) is 4.79 Å². The summed E-state index contributed by atoms with van der Waals surface area (Å²) in [5.74, 6) is 0.284. The van der Waals surface area contributed by atoms with E-state index < -0.39 is 0 Å². The number of ether oxygens (including phenoxy) is 1. The largest absolute Gasteiger partial charge is 0.468 e. The molecule has 0 aromatic heterocycles. The fraction of sp³-hybridized carbons (Fsp3) is 0.900. The fourth-order valence-corrected chi connectivity index (χ4v) is 1.07. The quantitative estimate of drug-likeness (QED) is 0.636. The summed E-state index contributed by atoms with van der Waals surface area (Å²) in [5.41, 5.74) is 5.89. The van der Waals surface area contributed by atoms with Gasteiger partial charge in [0, 0.05) is 6.04 Å². The van der Waals surface area contributed by atoms with Gasteiger partial charge >= 0.3 is 5.97 Å². The Kier molecular flexibility index (Phi) is 6.49. The van der Waals surface area contributed by atoms with Gasteiger partial charge < -0.3 is 10.5 Å². The molecule has 0 aromatic rings. The average Bonchev–Trinajstić information content (AvgIpc) is 2.13. The van der Waals surface area contributed by atoms with Crippen molar-refractivity contribution in [1.29, 1.82) is 0 Å². The smallest absolute Gasteiger partial charge is 0.319 e. The molecule has 0 bridgehead atoms. The van der Waals surface area contributed by atoms with Gasteiger partial charge in [0.05, 0.1) is 13.7 Å². The Hall–Kier alpha value is -0.610. The first-order valence-electron chi connectivity index (χ1n) is 4.98. The Balaban J connectivity index is 3.63. The van der Waals surface area contributed by atoms with Crippen LogP contribution in [0.15, 0.2) is 0 Å². The van der Waals surface area contributed by atoms with E-state index in [0.29, 0.717) is 12.5 Å². The third-order valence-corrected chi connectivity index (χ3v) is 2.33. The summed E-state index contributed by atoms with van der Waals surface area (Å²) >= 11 is 0. The lowest BCUT2D eigenvalue weighted by Gasteiger charge is -2.20. The van der Waals surface area contributed by atoms with E-state index >= 15 is 0 Å². The molecule has 0 aliphatic heterocycles. The highest BCUT2D eigenvalue weighted by molar-refractivity contribution is 5.71. The van der Waals surface area contributed by atoms with E-state index in [-0.39, 0.29) is 12.0 Å². The number of hydrogen-bond acceptors (Lipinski definition) is 4. The van der Waals surface area contributed by atoms with Crippen LogP contribution in [0.25, 0.3) is 0 Å². The summed E-state index contributed by atoms with van der Waals surface area (Å²) in [4.78, 5) is 12.8. The van der Waals surface area contributed by atoms with Gasteiger partial charge in [0.15, 0.2) is 0 Å². The van der Waals surface area contributed by atoms with E-state index in [0.717, 1.165) is 13.0 Å². The predicted molar refractivity (Wildman–Crippen MR) is 56.9 cm³/mol. The first-order chi connectivity index (χ1) is 6.47. The van der Waals surface area contributed by atoms with Crippen LogP contribution in [0.4, 0.5) is 0 Å². The first-order valence-corrected chi connectivity index (χ1v) is 4.98. The molecule has 0 saturated heterocycles. The lowest BCUT2D eigenvalue weighted by Crippen LogP contribution is -2.34. The summed E-state index contributed by atoms with van der Waals surface area (Å²) in [7, 11) is 3.29. The Morgan fingerprint density at radius 1 is 1.50 bits per heavy atom. The molecule has 2 N–H and O–H groups in total. The molecule has 84 valence electrons. The van der Waals surface area contributed by atoms with Crippen LogP contribution in [0.2, 0.25) is 0 Å². The lowest BCUT2D eigenvalue weighted by molar-refractivity contribution is -0.141. The van der Waals surface area contributed by atoms with Gasteiger partial charge in [-0.05, 0) is 25.9 Å². The Morgan fingerprint density at radius 2 is 2.07 bits per heavy atom. The Labute approximate surface area is 86.4 Å². The maximum Gasteiger partial charge on any atom is 0.319 e. The van der Waals surface area contributed by atoms with Crippen molar-refractivity contribution < 1.29 is 9.53 Å². The average molecular weight is 202 g/mol. The summed E-state index contributed by atoms with van der Waals surface area (Å²) in [6.45, 7) is 5.37. The topological polar surface area (TPSA) is 55.6 Å². The molecule has 0 aliphatic rings. The zero-order valence-corrected chi connectivity index (χ0v) is 9.62. The predicted octanol–water partition coefficient (Wildman–Crippen LogP) is 0.465. The summed E-state index contributed by atoms with van der Waals surface area (Å²) in [6.07, 6.45) is 0.908. The number of rotatable bonds is 6. The van der Waals surface area contributed by atoms with Crippen molar-refractivity contribution in [2.45, 2.75) is 26.3 Å². The number of methoxy groups -OCH3 is 1. The molecule has 1 atom stereocenters. The molecule has 0 radical (unpaired) electrons. The minimum absolute atomic E-state index is 0.203. The highest BCUT2D eigenvalue weighted by atomic mass is 16.5. The number of carbonyl (C=O) groups is 1. The van der Waals surface area contributed by atoms with E-state index in [4.69, 9.17) is 5.73 Å². The van der Waals surface area contributed by atoms with Gasteiger partial charge in [0.1, 0.15) is 0 Å². The molecule has 4 nitrogen and oxygen atoms in total. The van der Waals surface area contributed by atoms with E-state index in [1.807, 2.05) is 11.9 Å². The minimum Gasteiger partial charge on any atom is -0.468 e. The van der Waals surface area contributed by atoms with Crippen LogP contribution in [0.1, 0.15) is 20.3 Å². The van der Waals surface area contributed by atoms with Gasteiger partial charge in [-0.2, -0.15) is 0 Å². The van der Waals surface area contributed by atoms with Gasteiger partial charge in [-0.25, -0.2) is 0 Å². The molecule has 0 fully saturated rings. The van der Waals surface area contributed by atoms with Crippen LogP contribution in [0, 0.1) is 5.92 Å². The number of carbonyl (C=O) groups excluding carboxylic acids is 1. The zero-order chi connectivity index (χ0) is 11.1. The molecule has 0 heterocycles.